The third kappa shape index (κ3) is 3.51. The first-order valence-electron chi connectivity index (χ1n) is 6.37. The summed E-state index contributed by atoms with van der Waals surface area (Å²) in [5.74, 6) is -0.101. The normalized spacial score (nSPS) is 10.1. The molecule has 0 aliphatic carbocycles. The van der Waals surface area contributed by atoms with E-state index in [2.05, 4.69) is 0 Å². The SMILES string of the molecule is CCOc1cc(OCc2ccccc2)ccc1C(=O)O. The van der Waals surface area contributed by atoms with Gasteiger partial charge >= 0.3 is 5.97 Å². The Balaban J connectivity index is 2.12. The Bertz CT molecular complexity index is 578. The first-order valence-corrected chi connectivity index (χ1v) is 6.37. The van der Waals surface area contributed by atoms with Crippen molar-refractivity contribution in [3.05, 3.63) is 59.7 Å². The molecule has 0 atom stereocenters. The van der Waals surface area contributed by atoms with Crippen LogP contribution in [0.5, 0.6) is 11.5 Å². The highest BCUT2D eigenvalue weighted by Crippen LogP contribution is 2.25. The summed E-state index contributed by atoms with van der Waals surface area (Å²) in [4.78, 5) is 11.1. The maximum Gasteiger partial charge on any atom is 0.339 e. The molecular formula is C16H16O4. The number of hydrogen-bond acceptors (Lipinski definition) is 3. The third-order valence-corrected chi connectivity index (χ3v) is 2.73. The molecule has 0 aliphatic heterocycles. The second-order valence-electron chi connectivity index (χ2n) is 4.17. The molecule has 1 N–H and O–H groups in total. The zero-order valence-electron chi connectivity index (χ0n) is 11.2. The Labute approximate surface area is 117 Å². The van der Waals surface area contributed by atoms with Gasteiger partial charge in [-0.15, -0.1) is 0 Å². The molecule has 2 aromatic rings. The molecule has 0 aliphatic rings. The highest BCUT2D eigenvalue weighted by atomic mass is 16.5. The van der Waals surface area contributed by atoms with Crippen molar-refractivity contribution < 1.29 is 19.4 Å². The molecule has 0 amide bonds. The second-order valence-corrected chi connectivity index (χ2v) is 4.17. The van der Waals surface area contributed by atoms with Crippen molar-refractivity contribution >= 4 is 5.97 Å². The van der Waals surface area contributed by atoms with Gasteiger partial charge in [-0.2, -0.15) is 0 Å². The Morgan fingerprint density at radius 3 is 2.50 bits per heavy atom. The van der Waals surface area contributed by atoms with E-state index in [9.17, 15) is 4.79 Å². The lowest BCUT2D eigenvalue weighted by atomic mass is 10.2. The Kier molecular flexibility index (Phi) is 4.60. The van der Waals surface area contributed by atoms with E-state index in [4.69, 9.17) is 14.6 Å². The van der Waals surface area contributed by atoms with Crippen molar-refractivity contribution in [3.8, 4) is 11.5 Å². The molecule has 2 aromatic carbocycles. The summed E-state index contributed by atoms with van der Waals surface area (Å²) >= 11 is 0. The van der Waals surface area contributed by atoms with E-state index in [1.54, 1.807) is 12.1 Å². The topological polar surface area (TPSA) is 55.8 Å². The molecule has 104 valence electrons. The Hall–Kier alpha value is -2.49. The van der Waals surface area contributed by atoms with Crippen LogP contribution in [0.3, 0.4) is 0 Å². The van der Waals surface area contributed by atoms with E-state index < -0.39 is 5.97 Å². The molecule has 4 heteroatoms. The van der Waals surface area contributed by atoms with Gasteiger partial charge in [-0.25, -0.2) is 4.79 Å². The molecule has 0 saturated carbocycles. The van der Waals surface area contributed by atoms with E-state index in [1.165, 1.54) is 6.07 Å². The minimum atomic E-state index is -1.01. The molecule has 20 heavy (non-hydrogen) atoms. The number of aromatic carboxylic acids is 1. The van der Waals surface area contributed by atoms with Crippen LogP contribution in [-0.4, -0.2) is 17.7 Å². The van der Waals surface area contributed by atoms with Crippen LogP contribution in [0.4, 0.5) is 0 Å². The van der Waals surface area contributed by atoms with Gasteiger partial charge in [-0.1, -0.05) is 30.3 Å². The van der Waals surface area contributed by atoms with Crippen molar-refractivity contribution in [1.29, 1.82) is 0 Å². The third-order valence-electron chi connectivity index (χ3n) is 2.73. The highest BCUT2D eigenvalue weighted by molar-refractivity contribution is 5.91. The quantitative estimate of drug-likeness (QED) is 0.876. The van der Waals surface area contributed by atoms with Crippen LogP contribution >= 0.6 is 0 Å². The smallest absolute Gasteiger partial charge is 0.339 e. The van der Waals surface area contributed by atoms with Crippen LogP contribution in [0.1, 0.15) is 22.8 Å². The zero-order valence-corrected chi connectivity index (χ0v) is 11.2. The second kappa shape index (κ2) is 6.61. The van der Waals surface area contributed by atoms with Crippen LogP contribution in [0.25, 0.3) is 0 Å². The van der Waals surface area contributed by atoms with Gasteiger partial charge in [0.2, 0.25) is 0 Å². The lowest BCUT2D eigenvalue weighted by Gasteiger charge is -2.11. The molecule has 4 nitrogen and oxygen atoms in total. The Morgan fingerprint density at radius 2 is 1.85 bits per heavy atom. The van der Waals surface area contributed by atoms with E-state index in [1.807, 2.05) is 37.3 Å². The zero-order chi connectivity index (χ0) is 14.4. The molecule has 0 radical (unpaired) electrons. The van der Waals surface area contributed by atoms with Gasteiger partial charge in [0, 0.05) is 6.07 Å². The summed E-state index contributed by atoms with van der Waals surface area (Å²) in [5, 5.41) is 9.07. The lowest BCUT2D eigenvalue weighted by Crippen LogP contribution is -2.03. The van der Waals surface area contributed by atoms with Crippen LogP contribution in [0.2, 0.25) is 0 Å². The van der Waals surface area contributed by atoms with Gasteiger partial charge in [0.1, 0.15) is 23.7 Å². The molecule has 0 spiro atoms. The summed E-state index contributed by atoms with van der Waals surface area (Å²) in [7, 11) is 0. The average molecular weight is 272 g/mol. The molecule has 0 fully saturated rings. The average Bonchev–Trinajstić information content (AvgIpc) is 2.46. The van der Waals surface area contributed by atoms with Crippen LogP contribution in [-0.2, 0) is 6.61 Å². The van der Waals surface area contributed by atoms with Gasteiger partial charge < -0.3 is 14.6 Å². The van der Waals surface area contributed by atoms with Crippen LogP contribution in [0.15, 0.2) is 48.5 Å². The van der Waals surface area contributed by atoms with E-state index in [0.717, 1.165) is 5.56 Å². The maximum absolute atomic E-state index is 11.1. The van der Waals surface area contributed by atoms with Gasteiger partial charge in [-0.3, -0.25) is 0 Å². The predicted octanol–water partition coefficient (Wildman–Crippen LogP) is 3.36. The number of carboxylic acid groups (broad SMARTS) is 1. The highest BCUT2D eigenvalue weighted by Gasteiger charge is 2.12. The van der Waals surface area contributed by atoms with E-state index >= 15 is 0 Å². The minimum absolute atomic E-state index is 0.138. The fourth-order valence-electron chi connectivity index (χ4n) is 1.78. The molecule has 0 bridgehead atoms. The molecular weight excluding hydrogens is 256 g/mol. The number of ether oxygens (including phenoxy) is 2. The van der Waals surface area contributed by atoms with Crippen molar-refractivity contribution in [2.45, 2.75) is 13.5 Å². The molecule has 0 unspecified atom stereocenters. The van der Waals surface area contributed by atoms with Gasteiger partial charge in [0.25, 0.3) is 0 Å². The minimum Gasteiger partial charge on any atom is -0.493 e. The number of hydrogen-bond donors (Lipinski definition) is 1. The number of carboxylic acids is 1. The fraction of sp³-hybridized carbons (Fsp3) is 0.188. The van der Waals surface area contributed by atoms with E-state index in [-0.39, 0.29) is 5.56 Å². The summed E-state index contributed by atoms with van der Waals surface area (Å²) in [6.45, 7) is 2.64. The van der Waals surface area contributed by atoms with Crippen molar-refractivity contribution in [1.82, 2.24) is 0 Å². The largest absolute Gasteiger partial charge is 0.493 e. The lowest BCUT2D eigenvalue weighted by molar-refractivity contribution is 0.0692. The van der Waals surface area contributed by atoms with Gasteiger partial charge in [-0.05, 0) is 24.6 Å². The van der Waals surface area contributed by atoms with E-state index in [0.29, 0.717) is 24.7 Å². The summed E-state index contributed by atoms with van der Waals surface area (Å²) in [6.07, 6.45) is 0. The van der Waals surface area contributed by atoms with Gasteiger partial charge in [0.05, 0.1) is 6.61 Å². The summed E-state index contributed by atoms with van der Waals surface area (Å²) in [5.41, 5.74) is 1.19. The molecule has 0 heterocycles. The molecule has 2 rings (SSSR count). The number of rotatable bonds is 6. The first-order chi connectivity index (χ1) is 9.70. The van der Waals surface area contributed by atoms with Crippen LogP contribution < -0.4 is 9.47 Å². The summed E-state index contributed by atoms with van der Waals surface area (Å²) < 4.78 is 11.0. The first kappa shape index (κ1) is 13.9. The van der Waals surface area contributed by atoms with Crippen LogP contribution in [0, 0.1) is 0 Å². The van der Waals surface area contributed by atoms with Crippen molar-refractivity contribution in [2.24, 2.45) is 0 Å². The van der Waals surface area contributed by atoms with Crippen molar-refractivity contribution in [3.63, 3.8) is 0 Å². The Morgan fingerprint density at radius 1 is 1.10 bits per heavy atom. The number of benzene rings is 2. The molecule has 0 aromatic heterocycles. The standard InChI is InChI=1S/C16H16O4/c1-2-19-15-10-13(8-9-14(15)16(17)18)20-11-12-6-4-3-5-7-12/h3-10H,2,11H2,1H3,(H,17,18). The monoisotopic (exact) mass is 272 g/mol. The predicted molar refractivity (Wildman–Crippen MR) is 75.3 cm³/mol. The maximum atomic E-state index is 11.1. The number of carbonyl (C=O) groups is 1. The molecule has 0 saturated heterocycles. The summed E-state index contributed by atoms with van der Waals surface area (Å²) in [6, 6.07) is 14.5. The van der Waals surface area contributed by atoms with Gasteiger partial charge in [0.15, 0.2) is 0 Å². The van der Waals surface area contributed by atoms with Crippen molar-refractivity contribution in [2.75, 3.05) is 6.61 Å². The fourth-order valence-corrected chi connectivity index (χ4v) is 1.78.